The van der Waals surface area contributed by atoms with Crippen molar-refractivity contribution >= 4 is 11.6 Å². The molecule has 0 amide bonds. The van der Waals surface area contributed by atoms with E-state index in [1.807, 2.05) is 0 Å². The quantitative estimate of drug-likeness (QED) is 0.356. The molecule has 1 fully saturated rings. The Morgan fingerprint density at radius 3 is 2.67 bits per heavy atom. The van der Waals surface area contributed by atoms with E-state index < -0.39 is 0 Å². The highest BCUT2D eigenvalue weighted by molar-refractivity contribution is 6.21. The zero-order chi connectivity index (χ0) is 8.97. The third kappa shape index (κ3) is 2.95. The highest BCUT2D eigenvalue weighted by atomic mass is 35.5. The summed E-state index contributed by atoms with van der Waals surface area (Å²) in [6.45, 7) is 4.34. The van der Waals surface area contributed by atoms with E-state index in [-0.39, 0.29) is 5.38 Å². The first-order chi connectivity index (χ1) is 5.79. The average molecular weight is 191 g/mol. The van der Waals surface area contributed by atoms with E-state index in [1.165, 1.54) is 25.7 Å². The van der Waals surface area contributed by atoms with Gasteiger partial charge in [0.15, 0.2) is 0 Å². The zero-order valence-corrected chi connectivity index (χ0v) is 8.81. The third-order valence-electron chi connectivity index (χ3n) is 2.46. The fraction of sp³-hybridized carbons (Fsp3) is 1.00. The van der Waals surface area contributed by atoms with Crippen LogP contribution in [0.4, 0.5) is 0 Å². The first-order valence-corrected chi connectivity index (χ1v) is 5.52. The summed E-state index contributed by atoms with van der Waals surface area (Å²) in [7, 11) is 0. The molecule has 1 heterocycles. The molecular weight excluding hydrogens is 172 g/mol. The van der Waals surface area contributed by atoms with Crippen molar-refractivity contribution in [2.24, 2.45) is 0 Å². The van der Waals surface area contributed by atoms with E-state index in [0.29, 0.717) is 12.2 Å². The van der Waals surface area contributed by atoms with Crippen LogP contribution in [-0.2, 0) is 4.74 Å². The fourth-order valence-electron chi connectivity index (χ4n) is 1.53. The molecule has 0 spiro atoms. The summed E-state index contributed by atoms with van der Waals surface area (Å²) < 4.78 is 5.48. The Labute approximate surface area is 80.4 Å². The molecule has 1 aliphatic heterocycles. The van der Waals surface area contributed by atoms with Gasteiger partial charge in [-0.25, -0.2) is 0 Å². The molecule has 0 saturated carbocycles. The Bertz CT molecular complexity index is 127. The van der Waals surface area contributed by atoms with Gasteiger partial charge in [-0.2, -0.15) is 0 Å². The number of halogens is 1. The highest BCUT2D eigenvalue weighted by Crippen LogP contribution is 2.33. The Balaban J connectivity index is 2.00. The average Bonchev–Trinajstić information content (AvgIpc) is 2.83. The number of ether oxygens (including phenoxy) is 1. The number of hydrogen-bond donors (Lipinski definition) is 0. The second kappa shape index (κ2) is 5.08. The van der Waals surface area contributed by atoms with Gasteiger partial charge in [-0.3, -0.25) is 0 Å². The highest BCUT2D eigenvalue weighted by Gasteiger charge is 2.42. The van der Waals surface area contributed by atoms with Crippen LogP contribution < -0.4 is 0 Å². The predicted molar refractivity (Wildman–Crippen MR) is 52.7 cm³/mol. The first-order valence-electron chi connectivity index (χ1n) is 5.09. The first kappa shape index (κ1) is 10.3. The summed E-state index contributed by atoms with van der Waals surface area (Å²) in [6.07, 6.45) is 7.00. The maximum absolute atomic E-state index is 6.05. The molecule has 0 radical (unpaired) electrons. The second-order valence-corrected chi connectivity index (χ2v) is 4.12. The largest absolute Gasteiger partial charge is 0.368 e. The molecule has 0 aliphatic carbocycles. The van der Waals surface area contributed by atoms with Crippen LogP contribution in [0.15, 0.2) is 0 Å². The predicted octanol–water partition coefficient (Wildman–Crippen LogP) is 3.35. The lowest BCUT2D eigenvalue weighted by Gasteiger charge is -1.99. The van der Waals surface area contributed by atoms with Gasteiger partial charge in [0.1, 0.15) is 6.10 Å². The zero-order valence-electron chi connectivity index (χ0n) is 8.05. The molecule has 1 nitrogen and oxygen atoms in total. The summed E-state index contributed by atoms with van der Waals surface area (Å²) >= 11 is 6.05. The van der Waals surface area contributed by atoms with Crippen molar-refractivity contribution in [2.75, 3.05) is 0 Å². The third-order valence-corrected chi connectivity index (χ3v) is 3.02. The van der Waals surface area contributed by atoms with E-state index in [2.05, 4.69) is 13.8 Å². The normalized spacial score (nSPS) is 30.2. The second-order valence-electron chi connectivity index (χ2n) is 3.56. The van der Waals surface area contributed by atoms with Crippen LogP contribution in [0, 0.1) is 0 Å². The van der Waals surface area contributed by atoms with Crippen LogP contribution in [-0.4, -0.2) is 17.6 Å². The molecule has 3 atom stereocenters. The van der Waals surface area contributed by atoms with Gasteiger partial charge in [-0.05, 0) is 12.8 Å². The molecule has 0 aromatic carbocycles. The SMILES string of the molecule is CCCCCC1OC1C(Cl)CC. The number of epoxide rings is 1. The van der Waals surface area contributed by atoms with Crippen molar-refractivity contribution in [1.82, 2.24) is 0 Å². The molecule has 12 heavy (non-hydrogen) atoms. The molecule has 1 aliphatic rings. The van der Waals surface area contributed by atoms with Crippen LogP contribution >= 0.6 is 11.6 Å². The van der Waals surface area contributed by atoms with Gasteiger partial charge >= 0.3 is 0 Å². The van der Waals surface area contributed by atoms with E-state index >= 15 is 0 Å². The van der Waals surface area contributed by atoms with Crippen molar-refractivity contribution in [3.8, 4) is 0 Å². The molecule has 0 N–H and O–H groups in total. The molecule has 2 heteroatoms. The van der Waals surface area contributed by atoms with Gasteiger partial charge < -0.3 is 4.74 Å². The van der Waals surface area contributed by atoms with Gasteiger partial charge in [0, 0.05) is 0 Å². The summed E-state index contributed by atoms with van der Waals surface area (Å²) in [6, 6.07) is 0. The Hall–Kier alpha value is 0.250. The topological polar surface area (TPSA) is 12.5 Å². The molecule has 0 aromatic heterocycles. The summed E-state index contributed by atoms with van der Waals surface area (Å²) in [4.78, 5) is 0. The van der Waals surface area contributed by atoms with Crippen molar-refractivity contribution in [2.45, 2.75) is 63.5 Å². The van der Waals surface area contributed by atoms with Crippen molar-refractivity contribution < 1.29 is 4.74 Å². The smallest absolute Gasteiger partial charge is 0.100 e. The van der Waals surface area contributed by atoms with Crippen molar-refractivity contribution in [3.63, 3.8) is 0 Å². The molecule has 3 unspecified atom stereocenters. The van der Waals surface area contributed by atoms with Crippen LogP contribution in [0.25, 0.3) is 0 Å². The van der Waals surface area contributed by atoms with Gasteiger partial charge in [0.05, 0.1) is 11.5 Å². The minimum atomic E-state index is 0.247. The number of alkyl halides is 1. The molecule has 1 saturated heterocycles. The number of hydrogen-bond acceptors (Lipinski definition) is 1. The lowest BCUT2D eigenvalue weighted by Crippen LogP contribution is -2.08. The Morgan fingerprint density at radius 2 is 2.08 bits per heavy atom. The molecule has 0 aromatic rings. The minimum Gasteiger partial charge on any atom is -0.368 e. The van der Waals surface area contributed by atoms with Crippen molar-refractivity contribution in [1.29, 1.82) is 0 Å². The number of rotatable bonds is 6. The van der Waals surface area contributed by atoms with Crippen LogP contribution in [0.2, 0.25) is 0 Å². The monoisotopic (exact) mass is 190 g/mol. The molecule has 1 rings (SSSR count). The lowest BCUT2D eigenvalue weighted by molar-refractivity contribution is 0.353. The van der Waals surface area contributed by atoms with E-state index in [4.69, 9.17) is 16.3 Å². The summed E-state index contributed by atoms with van der Waals surface area (Å²) in [5, 5.41) is 0.247. The molecule has 0 bridgehead atoms. The van der Waals surface area contributed by atoms with Crippen molar-refractivity contribution in [3.05, 3.63) is 0 Å². The minimum absolute atomic E-state index is 0.247. The Kier molecular flexibility index (Phi) is 4.38. The van der Waals surface area contributed by atoms with Gasteiger partial charge in [0.25, 0.3) is 0 Å². The summed E-state index contributed by atoms with van der Waals surface area (Å²) in [5.41, 5.74) is 0. The molecular formula is C10H19ClO. The molecule has 72 valence electrons. The standard InChI is InChI=1S/C10H19ClO/c1-3-5-6-7-9-10(12-9)8(11)4-2/h8-10H,3-7H2,1-2H3. The van der Waals surface area contributed by atoms with Gasteiger partial charge in [-0.1, -0.05) is 33.1 Å². The maximum Gasteiger partial charge on any atom is 0.100 e. The van der Waals surface area contributed by atoms with Gasteiger partial charge in [-0.15, -0.1) is 11.6 Å². The van der Waals surface area contributed by atoms with E-state index in [1.54, 1.807) is 0 Å². The number of unbranched alkanes of at least 4 members (excludes halogenated alkanes) is 2. The maximum atomic E-state index is 6.05. The fourth-order valence-corrected chi connectivity index (χ4v) is 1.76. The van der Waals surface area contributed by atoms with E-state index in [9.17, 15) is 0 Å². The van der Waals surface area contributed by atoms with Crippen LogP contribution in [0.3, 0.4) is 0 Å². The summed E-state index contributed by atoms with van der Waals surface area (Å²) in [5.74, 6) is 0. The van der Waals surface area contributed by atoms with E-state index in [0.717, 1.165) is 6.42 Å². The lowest BCUT2D eigenvalue weighted by atomic mass is 10.1. The van der Waals surface area contributed by atoms with Crippen LogP contribution in [0.1, 0.15) is 46.0 Å². The Morgan fingerprint density at radius 1 is 1.33 bits per heavy atom. The van der Waals surface area contributed by atoms with Crippen LogP contribution in [0.5, 0.6) is 0 Å². The van der Waals surface area contributed by atoms with Gasteiger partial charge in [0.2, 0.25) is 0 Å².